The Morgan fingerprint density at radius 2 is 1.11 bits per heavy atom. The van der Waals surface area contributed by atoms with Crippen LogP contribution in [0.2, 0.25) is 0 Å². The summed E-state index contributed by atoms with van der Waals surface area (Å²) in [5, 5.41) is 2.36. The lowest BCUT2D eigenvalue weighted by molar-refractivity contribution is -0.0711. The highest BCUT2D eigenvalue weighted by atomic mass is 32.2. The van der Waals surface area contributed by atoms with Gasteiger partial charge in [-0.05, 0) is 196 Å². The fourth-order valence-electron chi connectivity index (χ4n) is 15.5. The van der Waals surface area contributed by atoms with Gasteiger partial charge in [0.2, 0.25) is 0 Å². The Bertz CT molecular complexity index is 1900. The Morgan fingerprint density at radius 3 is 1.63 bits per heavy atom. The summed E-state index contributed by atoms with van der Waals surface area (Å²) in [6.45, 7) is 16.1. The molecule has 0 spiro atoms. The van der Waals surface area contributed by atoms with Crippen LogP contribution in [0.1, 0.15) is 144 Å². The Balaban J connectivity index is 0.000000160. The molecule has 0 aliphatic heterocycles. The van der Waals surface area contributed by atoms with Gasteiger partial charge >= 0.3 is 15.6 Å². The molecule has 1 aromatic carbocycles. The highest BCUT2D eigenvalue weighted by Gasteiger charge is 2.60. The zero-order valence-corrected chi connectivity index (χ0v) is 37.5. The first-order chi connectivity index (χ1) is 26.6. The maximum Gasteiger partial charge on any atom is 0.534 e. The Kier molecular flexibility index (Phi) is 10.8. The van der Waals surface area contributed by atoms with Crippen molar-refractivity contribution in [3.8, 4) is 0 Å². The van der Waals surface area contributed by atoms with Crippen molar-refractivity contribution in [1.82, 2.24) is 0 Å². The van der Waals surface area contributed by atoms with E-state index < -0.39 is 28.2 Å². The predicted octanol–water partition coefficient (Wildman–Crippen LogP) is 13.5. The maximum absolute atomic E-state index is 14.1. The van der Waals surface area contributed by atoms with Gasteiger partial charge in [0.05, 0.1) is 0 Å². The second-order valence-corrected chi connectivity index (χ2v) is 26.9. The Hall–Kier alpha value is -1.53. The highest BCUT2D eigenvalue weighted by Crippen LogP contribution is 2.70. The molecule has 0 radical (unpaired) electrons. The second kappa shape index (κ2) is 14.5. The van der Waals surface area contributed by atoms with Crippen LogP contribution in [0.15, 0.2) is 53.6 Å². The van der Waals surface area contributed by atoms with Gasteiger partial charge in [0.1, 0.15) is 12.9 Å². The van der Waals surface area contributed by atoms with E-state index in [2.05, 4.69) is 57.0 Å². The molecule has 13 atom stereocenters. The van der Waals surface area contributed by atoms with E-state index >= 15 is 0 Å². The molecule has 8 aliphatic carbocycles. The second-order valence-electron chi connectivity index (χ2n) is 22.5. The number of halogens is 3. The lowest BCUT2D eigenvalue weighted by atomic mass is 9.49. The topological polar surface area (TPSA) is 60.4 Å². The van der Waals surface area contributed by atoms with Crippen molar-refractivity contribution in [3.63, 3.8) is 0 Å². The molecule has 8 aliphatic rings. The summed E-state index contributed by atoms with van der Waals surface area (Å²) in [5.74, 6) is 7.27. The van der Waals surface area contributed by atoms with Crippen molar-refractivity contribution in [2.75, 3.05) is 6.66 Å². The predicted molar refractivity (Wildman–Crippen MR) is 224 cm³/mol. The monoisotopic (exact) mass is 830 g/mol. The van der Waals surface area contributed by atoms with Gasteiger partial charge in [-0.25, -0.2) is 0 Å². The van der Waals surface area contributed by atoms with Crippen LogP contribution in [-0.4, -0.2) is 20.6 Å². The fourth-order valence-corrected chi connectivity index (χ4v) is 18.8. The molecule has 0 aromatic heterocycles. The zero-order valence-electron chi connectivity index (χ0n) is 35.8. The van der Waals surface area contributed by atoms with Gasteiger partial charge in [0.25, 0.3) is 0 Å². The first-order valence-electron chi connectivity index (χ1n) is 22.6. The lowest BCUT2D eigenvalue weighted by Crippen LogP contribution is -2.49. The molecule has 1 aromatic rings. The van der Waals surface area contributed by atoms with E-state index in [9.17, 15) is 26.2 Å². The molecular formula is C48H70F3O4PS. The fraction of sp³-hybridized carbons (Fsp3) is 0.792. The molecule has 318 valence electrons. The molecule has 1 unspecified atom stereocenters. The van der Waals surface area contributed by atoms with Crippen molar-refractivity contribution < 1.29 is 30.3 Å². The summed E-state index contributed by atoms with van der Waals surface area (Å²) in [7, 11) is -8.08. The summed E-state index contributed by atoms with van der Waals surface area (Å²) in [6, 6.07) is 10.3. The van der Waals surface area contributed by atoms with Crippen molar-refractivity contribution in [2.45, 2.75) is 150 Å². The van der Waals surface area contributed by atoms with Gasteiger partial charge in [0, 0.05) is 10.7 Å². The van der Waals surface area contributed by atoms with Crippen LogP contribution >= 0.6 is 7.14 Å². The van der Waals surface area contributed by atoms with Crippen molar-refractivity contribution in [3.05, 3.63) is 53.6 Å². The maximum atomic E-state index is 14.1. The largest absolute Gasteiger partial charge is 0.534 e. The molecular weight excluding hydrogens is 761 g/mol. The molecule has 9 heteroatoms. The summed E-state index contributed by atoms with van der Waals surface area (Å²) >= 11 is 0. The van der Waals surface area contributed by atoms with E-state index in [1.54, 1.807) is 6.08 Å². The van der Waals surface area contributed by atoms with Gasteiger partial charge < -0.3 is 8.75 Å². The van der Waals surface area contributed by atoms with Crippen LogP contribution in [0, 0.1) is 80.8 Å². The summed E-state index contributed by atoms with van der Waals surface area (Å²) in [6.07, 6.45) is 23.4. The third-order valence-electron chi connectivity index (χ3n) is 18.2. The van der Waals surface area contributed by atoms with Crippen molar-refractivity contribution in [1.29, 1.82) is 0 Å². The third kappa shape index (κ3) is 7.39. The van der Waals surface area contributed by atoms with Gasteiger partial charge in [-0.3, -0.25) is 0 Å². The Morgan fingerprint density at radius 1 is 0.632 bits per heavy atom. The van der Waals surface area contributed by atoms with Crippen LogP contribution in [0.25, 0.3) is 0 Å². The van der Waals surface area contributed by atoms with E-state index in [4.69, 9.17) is 0 Å². The highest BCUT2D eigenvalue weighted by molar-refractivity contribution is 7.87. The molecule has 0 saturated heterocycles. The molecule has 6 saturated carbocycles. The van der Waals surface area contributed by atoms with Gasteiger partial charge in [-0.2, -0.15) is 21.6 Å². The Labute approximate surface area is 342 Å². The first-order valence-corrected chi connectivity index (χ1v) is 26.2. The number of fused-ring (bicyclic) bond motifs is 10. The van der Waals surface area contributed by atoms with Crippen LogP contribution in [0.4, 0.5) is 13.2 Å². The van der Waals surface area contributed by atoms with Crippen LogP contribution in [0.5, 0.6) is 0 Å². The molecule has 4 nitrogen and oxygen atoms in total. The summed E-state index contributed by atoms with van der Waals surface area (Å²) in [5.41, 5.74) is -4.85. The van der Waals surface area contributed by atoms with Crippen LogP contribution in [-0.2, 0) is 18.9 Å². The SMILES string of the molecule is CC1(C)CC[C@H]2[C@H](CC[C@@H]3[C@@H]2CC[C@]2(C)C(OS(=O)(=O)C(F)(F)F)=CC[C@@H]32)C1.CC1(C)CC[C@H]2[C@H](CC[C@@H]3[C@@H]2CC[C@]2(C)C(P(C)(=O)c4ccccc4)=CC[C@@H]32)C1. The molecule has 0 bridgehead atoms. The number of benzene rings is 1. The average Bonchev–Trinajstić information content (AvgIpc) is 3.67. The normalized spacial score (nSPS) is 42.8. The van der Waals surface area contributed by atoms with Gasteiger partial charge in [-0.15, -0.1) is 0 Å². The van der Waals surface area contributed by atoms with Crippen molar-refractivity contribution >= 4 is 22.6 Å². The lowest BCUT2D eigenvalue weighted by Gasteiger charge is -2.57. The number of hydrogen-bond acceptors (Lipinski definition) is 4. The quantitative estimate of drug-likeness (QED) is 0.172. The molecule has 6 fully saturated rings. The van der Waals surface area contributed by atoms with Gasteiger partial charge in [-0.1, -0.05) is 78.0 Å². The van der Waals surface area contributed by atoms with Crippen molar-refractivity contribution in [2.24, 2.45) is 80.8 Å². The minimum Gasteiger partial charge on any atom is -0.380 e. The number of rotatable bonds is 4. The summed E-state index contributed by atoms with van der Waals surface area (Å²) in [4.78, 5) is 0. The standard InChI is InChI=1S/C27H39OP.C21H31F3O3S/c1-26(2)16-14-21-19(18-26)10-11-23-22(21)15-17-27(3)24(23)12-13-25(27)29(4,28)20-8-6-5-7-9-20;1-19(2)10-8-14-13(12-19)4-5-16-15(14)9-11-20(3)17(16)6-7-18(20)27-28(25,26)21(22,23)24/h5-9,13,19,21-24H,10-12,14-18H2,1-4H3;7,13-17H,4-6,8-12H2,1-3H3/t19-,21+,22-,23-,24+,27+,29?;13-,14+,15-,16-,17+,20+/m11/s1. The molecule has 57 heavy (non-hydrogen) atoms. The van der Waals surface area contributed by atoms with E-state index in [0.717, 1.165) is 59.6 Å². The first kappa shape index (κ1) is 42.2. The number of allylic oxidation sites excluding steroid dienone is 4. The van der Waals surface area contributed by atoms with Gasteiger partial charge in [0.15, 0.2) is 0 Å². The van der Waals surface area contributed by atoms with Crippen LogP contribution < -0.4 is 5.30 Å². The van der Waals surface area contributed by atoms with E-state index in [0.29, 0.717) is 35.5 Å². The average molecular weight is 831 g/mol. The zero-order chi connectivity index (χ0) is 41.0. The molecule has 0 heterocycles. The minimum absolute atomic E-state index is 0.0279. The third-order valence-corrected chi connectivity index (χ3v) is 22.1. The van der Waals surface area contributed by atoms with E-state index in [-0.39, 0.29) is 17.1 Å². The minimum atomic E-state index is -5.60. The smallest absolute Gasteiger partial charge is 0.380 e. The number of alkyl halides is 3. The molecule has 9 rings (SSSR count). The molecule has 0 amide bonds. The number of hydrogen-bond donors (Lipinski definition) is 0. The summed E-state index contributed by atoms with van der Waals surface area (Å²) < 4.78 is 80.3. The van der Waals surface area contributed by atoms with Crippen LogP contribution in [0.3, 0.4) is 0 Å². The molecule has 0 N–H and O–H groups in total. The van der Waals surface area contributed by atoms with E-state index in [1.165, 1.54) is 82.4 Å². The van der Waals surface area contributed by atoms with E-state index in [1.807, 2.05) is 31.8 Å².